The van der Waals surface area contributed by atoms with Crippen molar-refractivity contribution in [3.8, 4) is 11.5 Å². The van der Waals surface area contributed by atoms with Gasteiger partial charge >= 0.3 is 0 Å². The van der Waals surface area contributed by atoms with Crippen LogP contribution < -0.4 is 14.8 Å². The fraction of sp³-hybridized carbons (Fsp3) is 0.348. The third-order valence-electron chi connectivity index (χ3n) is 4.66. The maximum Gasteiger partial charge on any atom is 0.234 e. The molecule has 0 aliphatic heterocycles. The molecule has 3 aromatic rings. The van der Waals surface area contributed by atoms with Gasteiger partial charge in [-0.2, -0.15) is 0 Å². The summed E-state index contributed by atoms with van der Waals surface area (Å²) in [6, 6.07) is 13.5. The number of ether oxygens (including phenoxy) is 2. The first-order valence-corrected chi connectivity index (χ1v) is 11.1. The molecule has 0 aliphatic rings. The fourth-order valence-electron chi connectivity index (χ4n) is 3.03. The number of hydrogen-bond donors (Lipinski definition) is 1. The summed E-state index contributed by atoms with van der Waals surface area (Å²) in [5, 5.41) is 12.2. The Labute approximate surface area is 187 Å². The number of nitrogens with one attached hydrogen (secondary N) is 1. The lowest BCUT2D eigenvalue weighted by atomic mass is 10.1. The van der Waals surface area contributed by atoms with Crippen molar-refractivity contribution in [2.24, 2.45) is 0 Å². The predicted octanol–water partition coefficient (Wildman–Crippen LogP) is 4.79. The lowest BCUT2D eigenvalue weighted by Crippen LogP contribution is -2.15. The molecule has 7 nitrogen and oxygen atoms in total. The molecule has 1 heterocycles. The number of methoxy groups -OCH3 is 1. The zero-order valence-electron chi connectivity index (χ0n) is 18.5. The average Bonchev–Trinajstić information content (AvgIpc) is 3.16. The molecule has 0 unspecified atom stereocenters. The molecule has 0 spiro atoms. The van der Waals surface area contributed by atoms with Gasteiger partial charge in [-0.1, -0.05) is 23.9 Å². The normalized spacial score (nSPS) is 10.9. The van der Waals surface area contributed by atoms with Crippen molar-refractivity contribution in [3.63, 3.8) is 0 Å². The summed E-state index contributed by atoms with van der Waals surface area (Å²) in [5.41, 5.74) is 2.94. The Morgan fingerprint density at radius 1 is 1.13 bits per heavy atom. The number of benzene rings is 2. The zero-order chi connectivity index (χ0) is 22.4. The van der Waals surface area contributed by atoms with Gasteiger partial charge in [-0.25, -0.2) is 0 Å². The largest absolute Gasteiger partial charge is 0.497 e. The molecule has 0 saturated heterocycles. The zero-order valence-corrected chi connectivity index (χ0v) is 19.3. The van der Waals surface area contributed by atoms with E-state index in [1.165, 1.54) is 11.8 Å². The van der Waals surface area contributed by atoms with Crippen LogP contribution in [0, 0.1) is 13.8 Å². The first-order chi connectivity index (χ1) is 14.9. The average molecular weight is 441 g/mol. The number of thioether (sulfide) groups is 1. The molecule has 0 fully saturated rings. The number of nitrogens with zero attached hydrogens (tertiary/aromatic N) is 3. The molecular formula is C23H28N4O3S. The van der Waals surface area contributed by atoms with E-state index in [4.69, 9.17) is 9.47 Å². The minimum Gasteiger partial charge on any atom is -0.497 e. The van der Waals surface area contributed by atoms with Crippen LogP contribution in [-0.4, -0.2) is 33.5 Å². The first kappa shape index (κ1) is 22.7. The monoisotopic (exact) mass is 440 g/mol. The van der Waals surface area contributed by atoms with E-state index in [0.717, 1.165) is 34.1 Å². The highest BCUT2D eigenvalue weighted by Gasteiger charge is 2.17. The summed E-state index contributed by atoms with van der Waals surface area (Å²) >= 11 is 1.36. The summed E-state index contributed by atoms with van der Waals surface area (Å²) in [5.74, 6) is 2.43. The minimum atomic E-state index is -0.110. The Morgan fingerprint density at radius 3 is 2.55 bits per heavy atom. The van der Waals surface area contributed by atoms with E-state index in [1.807, 2.05) is 30.5 Å². The first-order valence-electron chi connectivity index (χ1n) is 10.1. The Balaban J connectivity index is 1.62. The highest BCUT2D eigenvalue weighted by atomic mass is 32.2. The number of carbonyl (C=O) groups is 1. The molecule has 0 aliphatic carbocycles. The number of aryl methyl sites for hydroxylation is 2. The van der Waals surface area contributed by atoms with Crippen molar-refractivity contribution >= 4 is 23.4 Å². The quantitative estimate of drug-likeness (QED) is 0.482. The second-order valence-electron chi connectivity index (χ2n) is 7.49. The summed E-state index contributed by atoms with van der Waals surface area (Å²) in [6.07, 6.45) is 0. The van der Waals surface area contributed by atoms with Crippen molar-refractivity contribution in [3.05, 3.63) is 59.4 Å². The molecule has 0 radical (unpaired) electrons. The second-order valence-corrected chi connectivity index (χ2v) is 8.43. The maximum absolute atomic E-state index is 12.4. The van der Waals surface area contributed by atoms with E-state index < -0.39 is 0 Å². The molecule has 31 heavy (non-hydrogen) atoms. The second kappa shape index (κ2) is 10.3. The van der Waals surface area contributed by atoms with Crippen molar-refractivity contribution in [2.75, 3.05) is 18.2 Å². The Bertz CT molecular complexity index is 1030. The number of hydrogen-bond acceptors (Lipinski definition) is 6. The number of amides is 1. The molecule has 1 amide bonds. The van der Waals surface area contributed by atoms with Crippen LogP contribution in [0.1, 0.15) is 36.8 Å². The van der Waals surface area contributed by atoms with Crippen molar-refractivity contribution in [1.29, 1.82) is 0 Å². The topological polar surface area (TPSA) is 78.3 Å². The van der Waals surface area contributed by atoms with Crippen LogP contribution in [0.25, 0.3) is 0 Å². The fourth-order valence-corrected chi connectivity index (χ4v) is 3.92. The summed E-state index contributed by atoms with van der Waals surface area (Å²) in [4.78, 5) is 12.4. The summed E-state index contributed by atoms with van der Waals surface area (Å²) in [7, 11) is 1.61. The highest BCUT2D eigenvalue weighted by molar-refractivity contribution is 7.99. The molecule has 1 aromatic heterocycles. The summed E-state index contributed by atoms with van der Waals surface area (Å²) in [6.45, 7) is 8.49. The molecule has 2 aromatic carbocycles. The van der Waals surface area contributed by atoms with E-state index in [0.29, 0.717) is 11.8 Å². The Hall–Kier alpha value is -3.00. The van der Waals surface area contributed by atoms with Gasteiger partial charge in [0.1, 0.15) is 18.1 Å². The minimum absolute atomic E-state index is 0.110. The number of carbonyl (C=O) groups excluding carboxylic acids is 1. The van der Waals surface area contributed by atoms with E-state index in [-0.39, 0.29) is 17.7 Å². The molecule has 0 saturated carbocycles. The smallest absolute Gasteiger partial charge is 0.234 e. The van der Waals surface area contributed by atoms with Gasteiger partial charge in [0.2, 0.25) is 5.91 Å². The van der Waals surface area contributed by atoms with Crippen LogP contribution in [-0.2, 0) is 11.4 Å². The molecule has 0 bridgehead atoms. The third kappa shape index (κ3) is 6.01. The SMILES string of the molecule is COc1ccc(NC(=O)CSc2nnc(COc3cc(C)ccc3C)n2C(C)C)cc1. The van der Waals surface area contributed by atoms with Gasteiger partial charge in [-0.15, -0.1) is 10.2 Å². The van der Waals surface area contributed by atoms with Crippen LogP contribution in [0.4, 0.5) is 5.69 Å². The standard InChI is InChI=1S/C23H28N4O3S/c1-15(2)27-21(13-30-20-12-16(3)6-7-17(20)4)25-26-23(27)31-14-22(28)24-18-8-10-19(29-5)11-9-18/h6-12,15H,13-14H2,1-5H3,(H,24,28). The van der Waals surface area contributed by atoms with Gasteiger partial charge in [0, 0.05) is 11.7 Å². The molecular weight excluding hydrogens is 412 g/mol. The Morgan fingerprint density at radius 2 is 1.87 bits per heavy atom. The van der Waals surface area contributed by atoms with Crippen LogP contribution >= 0.6 is 11.8 Å². The van der Waals surface area contributed by atoms with Gasteiger partial charge in [0.05, 0.1) is 12.9 Å². The molecule has 164 valence electrons. The van der Waals surface area contributed by atoms with E-state index in [1.54, 1.807) is 31.4 Å². The highest BCUT2D eigenvalue weighted by Crippen LogP contribution is 2.25. The van der Waals surface area contributed by atoms with Crippen molar-refractivity contribution in [1.82, 2.24) is 14.8 Å². The number of aromatic nitrogens is 3. The van der Waals surface area contributed by atoms with E-state index in [2.05, 4.69) is 35.4 Å². The molecule has 3 rings (SSSR count). The number of anilines is 1. The van der Waals surface area contributed by atoms with Crippen molar-refractivity contribution in [2.45, 2.75) is 45.5 Å². The van der Waals surface area contributed by atoms with E-state index in [9.17, 15) is 4.79 Å². The van der Waals surface area contributed by atoms with Crippen molar-refractivity contribution < 1.29 is 14.3 Å². The van der Waals surface area contributed by atoms with Gasteiger partial charge in [-0.3, -0.25) is 4.79 Å². The van der Waals surface area contributed by atoms with Gasteiger partial charge in [0.25, 0.3) is 0 Å². The van der Waals surface area contributed by atoms with Gasteiger partial charge in [-0.05, 0) is 69.2 Å². The molecule has 8 heteroatoms. The van der Waals surface area contributed by atoms with E-state index >= 15 is 0 Å². The third-order valence-corrected chi connectivity index (χ3v) is 5.60. The Kier molecular flexibility index (Phi) is 7.57. The lowest BCUT2D eigenvalue weighted by molar-refractivity contribution is -0.113. The van der Waals surface area contributed by atoms with Gasteiger partial charge < -0.3 is 19.4 Å². The molecule has 0 atom stereocenters. The van der Waals surface area contributed by atoms with Crippen LogP contribution in [0.5, 0.6) is 11.5 Å². The van der Waals surface area contributed by atoms with Crippen LogP contribution in [0.2, 0.25) is 0 Å². The maximum atomic E-state index is 12.4. The lowest BCUT2D eigenvalue weighted by Gasteiger charge is -2.15. The number of rotatable bonds is 9. The van der Waals surface area contributed by atoms with Crippen LogP contribution in [0.15, 0.2) is 47.6 Å². The van der Waals surface area contributed by atoms with Crippen LogP contribution in [0.3, 0.4) is 0 Å². The van der Waals surface area contributed by atoms with Gasteiger partial charge in [0.15, 0.2) is 11.0 Å². The molecule has 1 N–H and O–H groups in total. The predicted molar refractivity (Wildman–Crippen MR) is 123 cm³/mol. The summed E-state index contributed by atoms with van der Waals surface area (Å²) < 4.78 is 13.2.